The van der Waals surface area contributed by atoms with E-state index in [1.165, 1.54) is 0 Å². The molecule has 3 rings (SSSR count). The van der Waals surface area contributed by atoms with Crippen molar-refractivity contribution in [2.24, 2.45) is 0 Å². The van der Waals surface area contributed by atoms with Crippen LogP contribution >= 0.6 is 35.0 Å². The van der Waals surface area contributed by atoms with E-state index in [-0.39, 0.29) is 17.6 Å². The van der Waals surface area contributed by atoms with Gasteiger partial charge in [-0.2, -0.15) is 0 Å². The highest BCUT2D eigenvalue weighted by molar-refractivity contribution is 7.99. The van der Waals surface area contributed by atoms with E-state index in [1.54, 1.807) is 17.8 Å². The van der Waals surface area contributed by atoms with Gasteiger partial charge in [0.25, 0.3) is 0 Å². The number of rotatable bonds is 7. The highest BCUT2D eigenvalue weighted by Crippen LogP contribution is 2.42. The summed E-state index contributed by atoms with van der Waals surface area (Å²) in [6, 6.07) is 13.5. The SMILES string of the molecule is CCC1(CC)C[C@@H](NC(=O)CSCc2ccc(Cl)c(Cl)c2)c2ccccc2O1. The Hall–Kier alpha value is -1.36. The first-order chi connectivity index (χ1) is 13.5. The van der Waals surface area contributed by atoms with Crippen LogP contribution in [0.1, 0.15) is 50.3 Å². The Morgan fingerprint density at radius 3 is 2.64 bits per heavy atom. The zero-order chi connectivity index (χ0) is 20.1. The first kappa shape index (κ1) is 21.4. The summed E-state index contributed by atoms with van der Waals surface area (Å²) in [6.07, 6.45) is 2.62. The Kier molecular flexibility index (Phi) is 7.19. The van der Waals surface area contributed by atoms with Crippen molar-refractivity contribution in [2.75, 3.05) is 5.75 Å². The number of para-hydroxylation sites is 1. The Balaban J connectivity index is 1.61. The molecule has 0 spiro atoms. The smallest absolute Gasteiger partial charge is 0.230 e. The number of carbonyl (C=O) groups excluding carboxylic acids is 1. The van der Waals surface area contributed by atoms with Crippen LogP contribution in [0, 0.1) is 0 Å². The van der Waals surface area contributed by atoms with E-state index in [0.717, 1.165) is 36.1 Å². The van der Waals surface area contributed by atoms with Gasteiger partial charge in [0.2, 0.25) is 5.91 Å². The number of amides is 1. The Labute approximate surface area is 181 Å². The minimum atomic E-state index is -0.223. The van der Waals surface area contributed by atoms with Crippen molar-refractivity contribution >= 4 is 40.9 Å². The molecule has 1 N–H and O–H groups in total. The number of fused-ring (bicyclic) bond motifs is 1. The molecule has 0 fully saturated rings. The number of ether oxygens (including phenoxy) is 1. The van der Waals surface area contributed by atoms with E-state index in [1.807, 2.05) is 36.4 Å². The van der Waals surface area contributed by atoms with Crippen molar-refractivity contribution < 1.29 is 9.53 Å². The predicted molar refractivity (Wildman–Crippen MR) is 119 cm³/mol. The van der Waals surface area contributed by atoms with E-state index in [2.05, 4.69) is 19.2 Å². The first-order valence-electron chi connectivity index (χ1n) is 9.55. The lowest BCUT2D eigenvalue weighted by molar-refractivity contribution is -0.120. The fourth-order valence-corrected chi connectivity index (χ4v) is 4.66. The van der Waals surface area contributed by atoms with Gasteiger partial charge in [-0.05, 0) is 36.6 Å². The standard InChI is InChI=1S/C22H25Cl2NO2S/c1-3-22(4-2)12-19(16-7-5-6-8-20(16)27-22)25-21(26)14-28-13-15-9-10-17(23)18(24)11-15/h5-11,19H,3-4,12-14H2,1-2H3,(H,25,26)/t19-/m1/s1. The third kappa shape index (κ3) is 4.97. The van der Waals surface area contributed by atoms with Crippen LogP contribution in [0.5, 0.6) is 5.75 Å². The van der Waals surface area contributed by atoms with Crippen molar-refractivity contribution in [3.63, 3.8) is 0 Å². The summed E-state index contributed by atoms with van der Waals surface area (Å²) in [7, 11) is 0. The maximum Gasteiger partial charge on any atom is 0.230 e. The van der Waals surface area contributed by atoms with Gasteiger partial charge < -0.3 is 10.1 Å². The highest BCUT2D eigenvalue weighted by atomic mass is 35.5. The number of hydrogen-bond donors (Lipinski definition) is 1. The number of benzene rings is 2. The van der Waals surface area contributed by atoms with Gasteiger partial charge in [0, 0.05) is 17.7 Å². The average Bonchev–Trinajstić information content (AvgIpc) is 2.70. The lowest BCUT2D eigenvalue weighted by Crippen LogP contribution is -2.44. The van der Waals surface area contributed by atoms with Gasteiger partial charge in [0.15, 0.2) is 0 Å². The second-order valence-corrected chi connectivity index (χ2v) is 8.90. The molecule has 2 aromatic carbocycles. The molecule has 0 bridgehead atoms. The number of carbonyl (C=O) groups is 1. The lowest BCUT2D eigenvalue weighted by atomic mass is 9.83. The van der Waals surface area contributed by atoms with E-state index in [9.17, 15) is 4.79 Å². The Morgan fingerprint density at radius 1 is 1.18 bits per heavy atom. The molecule has 1 heterocycles. The van der Waals surface area contributed by atoms with Crippen LogP contribution in [0.4, 0.5) is 0 Å². The third-order valence-electron chi connectivity index (χ3n) is 5.31. The number of nitrogens with one attached hydrogen (secondary N) is 1. The van der Waals surface area contributed by atoms with Crippen LogP contribution in [-0.4, -0.2) is 17.3 Å². The van der Waals surface area contributed by atoms with Gasteiger partial charge >= 0.3 is 0 Å². The summed E-state index contributed by atoms with van der Waals surface area (Å²) in [4.78, 5) is 12.6. The van der Waals surface area contributed by atoms with E-state index >= 15 is 0 Å². The molecule has 3 nitrogen and oxygen atoms in total. The van der Waals surface area contributed by atoms with Crippen molar-refractivity contribution in [2.45, 2.75) is 50.5 Å². The molecule has 1 amide bonds. The van der Waals surface area contributed by atoms with Crippen LogP contribution < -0.4 is 10.1 Å². The zero-order valence-corrected chi connectivity index (χ0v) is 18.5. The van der Waals surface area contributed by atoms with Crippen LogP contribution in [0.3, 0.4) is 0 Å². The average molecular weight is 438 g/mol. The van der Waals surface area contributed by atoms with Gasteiger partial charge in [-0.1, -0.05) is 61.3 Å². The molecule has 0 saturated carbocycles. The topological polar surface area (TPSA) is 38.3 Å². The molecule has 1 aliphatic rings. The second-order valence-electron chi connectivity index (χ2n) is 7.10. The Bertz CT molecular complexity index is 839. The third-order valence-corrected chi connectivity index (χ3v) is 7.05. The summed E-state index contributed by atoms with van der Waals surface area (Å²) in [5, 5.41) is 4.30. The van der Waals surface area contributed by atoms with Gasteiger partial charge in [-0.15, -0.1) is 11.8 Å². The molecule has 0 unspecified atom stereocenters. The number of halogens is 2. The molecule has 6 heteroatoms. The molecule has 0 saturated heterocycles. The predicted octanol–water partition coefficient (Wildman–Crippen LogP) is 6.43. The summed E-state index contributed by atoms with van der Waals surface area (Å²) < 4.78 is 6.31. The van der Waals surface area contributed by atoms with Crippen LogP contribution in [0.25, 0.3) is 0 Å². The molecular formula is C22H25Cl2NO2S. The molecule has 28 heavy (non-hydrogen) atoms. The largest absolute Gasteiger partial charge is 0.487 e. The van der Waals surface area contributed by atoms with E-state index < -0.39 is 0 Å². The quantitative estimate of drug-likeness (QED) is 0.542. The first-order valence-corrected chi connectivity index (χ1v) is 11.5. The molecule has 1 aliphatic heterocycles. The monoisotopic (exact) mass is 437 g/mol. The Morgan fingerprint density at radius 2 is 1.93 bits per heavy atom. The van der Waals surface area contributed by atoms with Gasteiger partial charge in [-0.3, -0.25) is 4.79 Å². The minimum absolute atomic E-state index is 0.0251. The van der Waals surface area contributed by atoms with Crippen molar-refractivity contribution in [1.82, 2.24) is 5.32 Å². The van der Waals surface area contributed by atoms with E-state index in [4.69, 9.17) is 27.9 Å². The normalized spacial score (nSPS) is 17.5. The van der Waals surface area contributed by atoms with Crippen molar-refractivity contribution in [1.29, 1.82) is 0 Å². The maximum atomic E-state index is 12.6. The van der Waals surface area contributed by atoms with Crippen molar-refractivity contribution in [3.8, 4) is 5.75 Å². The molecule has 150 valence electrons. The van der Waals surface area contributed by atoms with Crippen LogP contribution in [0.2, 0.25) is 10.0 Å². The molecule has 0 radical (unpaired) electrons. The fraction of sp³-hybridized carbons (Fsp3) is 0.409. The summed E-state index contributed by atoms with van der Waals surface area (Å²) >= 11 is 13.6. The summed E-state index contributed by atoms with van der Waals surface area (Å²) in [6.45, 7) is 4.28. The zero-order valence-electron chi connectivity index (χ0n) is 16.1. The fourth-order valence-electron chi connectivity index (χ4n) is 3.56. The van der Waals surface area contributed by atoms with E-state index in [0.29, 0.717) is 21.6 Å². The molecule has 1 atom stereocenters. The molecular weight excluding hydrogens is 413 g/mol. The van der Waals surface area contributed by atoms with Gasteiger partial charge in [-0.25, -0.2) is 0 Å². The summed E-state index contributed by atoms with van der Waals surface area (Å²) in [5.41, 5.74) is 1.89. The lowest BCUT2D eigenvalue weighted by Gasteiger charge is -2.41. The molecule has 0 aromatic heterocycles. The molecule has 0 aliphatic carbocycles. The molecule has 2 aromatic rings. The highest BCUT2D eigenvalue weighted by Gasteiger charge is 2.38. The summed E-state index contributed by atoms with van der Waals surface area (Å²) in [5.74, 6) is 2.02. The van der Waals surface area contributed by atoms with Gasteiger partial charge in [0.1, 0.15) is 11.4 Å². The van der Waals surface area contributed by atoms with Gasteiger partial charge in [0.05, 0.1) is 21.8 Å². The number of thioether (sulfide) groups is 1. The minimum Gasteiger partial charge on any atom is -0.487 e. The van der Waals surface area contributed by atoms with Crippen LogP contribution in [-0.2, 0) is 10.5 Å². The van der Waals surface area contributed by atoms with Crippen molar-refractivity contribution in [3.05, 3.63) is 63.6 Å². The second kappa shape index (κ2) is 9.43. The number of hydrogen-bond acceptors (Lipinski definition) is 3. The maximum absolute atomic E-state index is 12.6. The van der Waals surface area contributed by atoms with Crippen LogP contribution in [0.15, 0.2) is 42.5 Å².